The molecular formula is C28H40O6. The van der Waals surface area contributed by atoms with Crippen LogP contribution in [0.2, 0.25) is 0 Å². The molecule has 6 fully saturated rings. The Hall–Kier alpha value is -1.59. The Labute approximate surface area is 202 Å². The molecule has 4 bridgehead atoms. The molecule has 0 aromatic carbocycles. The number of hydrogen-bond acceptors (Lipinski definition) is 6. The third-order valence-electron chi connectivity index (χ3n) is 11.2. The van der Waals surface area contributed by atoms with E-state index >= 15 is 0 Å². The average molecular weight is 473 g/mol. The molecule has 0 aromatic heterocycles. The van der Waals surface area contributed by atoms with E-state index in [0.29, 0.717) is 23.7 Å². The third-order valence-corrected chi connectivity index (χ3v) is 11.2. The lowest BCUT2D eigenvalue weighted by atomic mass is 9.70. The van der Waals surface area contributed by atoms with Crippen LogP contribution in [-0.2, 0) is 28.6 Å². The predicted octanol–water partition coefficient (Wildman–Crippen LogP) is 4.39. The van der Waals surface area contributed by atoms with Gasteiger partial charge in [-0.1, -0.05) is 26.7 Å². The van der Waals surface area contributed by atoms with E-state index in [1.807, 2.05) is 13.8 Å². The molecule has 12 unspecified atom stereocenters. The van der Waals surface area contributed by atoms with Crippen LogP contribution in [0.15, 0.2) is 0 Å². The molecule has 1 heterocycles. The molecule has 0 radical (unpaired) electrons. The minimum Gasteiger partial charge on any atom is -0.462 e. The van der Waals surface area contributed by atoms with Crippen LogP contribution >= 0.6 is 0 Å². The standard InChI is InChI=1S/C28H40O6/c1-5-13-7-14(6-2)23-17-8-15(22(13)23)9-18(17)26(30)32-12-21(29)34-28(3,4)25-16-10-19-20(11-16)33-27(31)24(19)25/h13-20,22-25H,5-12H2,1-4H3. The zero-order chi connectivity index (χ0) is 23.9. The number of hydrogen-bond donors (Lipinski definition) is 0. The maximum Gasteiger partial charge on any atom is 0.344 e. The van der Waals surface area contributed by atoms with Gasteiger partial charge in [0.1, 0.15) is 11.7 Å². The second-order valence-corrected chi connectivity index (χ2v) is 12.8. The van der Waals surface area contributed by atoms with Gasteiger partial charge in [-0.2, -0.15) is 0 Å². The maximum atomic E-state index is 13.1. The highest BCUT2D eigenvalue weighted by atomic mass is 16.6. The van der Waals surface area contributed by atoms with Crippen LogP contribution in [0.5, 0.6) is 0 Å². The zero-order valence-corrected chi connectivity index (χ0v) is 21.0. The van der Waals surface area contributed by atoms with Gasteiger partial charge in [0.05, 0.1) is 11.8 Å². The van der Waals surface area contributed by atoms with Gasteiger partial charge in [-0.15, -0.1) is 0 Å². The van der Waals surface area contributed by atoms with E-state index in [0.717, 1.165) is 43.4 Å². The molecule has 1 aliphatic heterocycles. The minimum absolute atomic E-state index is 0.0224. The van der Waals surface area contributed by atoms with Crippen molar-refractivity contribution in [3.05, 3.63) is 0 Å². The van der Waals surface area contributed by atoms with Crippen molar-refractivity contribution in [3.63, 3.8) is 0 Å². The molecule has 5 aliphatic carbocycles. The van der Waals surface area contributed by atoms with Crippen LogP contribution in [0, 0.1) is 65.1 Å². The van der Waals surface area contributed by atoms with Crippen LogP contribution in [0.3, 0.4) is 0 Å². The molecule has 0 amide bonds. The summed E-state index contributed by atoms with van der Waals surface area (Å²) in [5, 5.41) is 0. The van der Waals surface area contributed by atoms with Gasteiger partial charge in [-0.05, 0) is 87.4 Å². The molecule has 6 nitrogen and oxygen atoms in total. The normalized spacial score (nSPS) is 47.7. The highest BCUT2D eigenvalue weighted by Crippen LogP contribution is 2.66. The molecule has 34 heavy (non-hydrogen) atoms. The van der Waals surface area contributed by atoms with E-state index in [1.54, 1.807) is 0 Å². The summed E-state index contributed by atoms with van der Waals surface area (Å²) in [6.45, 7) is 8.05. The van der Waals surface area contributed by atoms with Gasteiger partial charge in [0.25, 0.3) is 0 Å². The quantitative estimate of drug-likeness (QED) is 0.404. The van der Waals surface area contributed by atoms with Gasteiger partial charge in [0.2, 0.25) is 0 Å². The Morgan fingerprint density at radius 1 is 0.941 bits per heavy atom. The molecule has 6 heteroatoms. The summed E-state index contributed by atoms with van der Waals surface area (Å²) in [5.41, 5.74) is -0.783. The molecule has 188 valence electrons. The lowest BCUT2D eigenvalue weighted by molar-refractivity contribution is -0.177. The van der Waals surface area contributed by atoms with Crippen molar-refractivity contribution in [2.45, 2.75) is 84.3 Å². The average Bonchev–Trinajstić information content (AvgIpc) is 3.59. The number of esters is 3. The number of carbonyl (C=O) groups excluding carboxylic acids is 3. The highest BCUT2D eigenvalue weighted by Gasteiger charge is 2.66. The topological polar surface area (TPSA) is 78.9 Å². The van der Waals surface area contributed by atoms with Gasteiger partial charge in [0.15, 0.2) is 6.61 Å². The Morgan fingerprint density at radius 3 is 2.38 bits per heavy atom. The van der Waals surface area contributed by atoms with E-state index in [2.05, 4.69) is 13.8 Å². The van der Waals surface area contributed by atoms with Crippen molar-refractivity contribution in [1.29, 1.82) is 0 Å². The Morgan fingerprint density at radius 2 is 1.65 bits per heavy atom. The Bertz CT molecular complexity index is 878. The minimum atomic E-state index is -0.783. The third kappa shape index (κ3) is 3.22. The first-order chi connectivity index (χ1) is 16.2. The molecule has 0 N–H and O–H groups in total. The van der Waals surface area contributed by atoms with Crippen LogP contribution in [0.4, 0.5) is 0 Å². The predicted molar refractivity (Wildman–Crippen MR) is 123 cm³/mol. The SMILES string of the molecule is CCC1CC(CC)C2C3CC(CC3C(=O)OCC(=O)OC(C)(C)C3C4CC5OC(=O)C3C5C4)C12. The number of carbonyl (C=O) groups is 3. The number of fused-ring (bicyclic) bond motifs is 6. The number of ether oxygens (including phenoxy) is 3. The molecule has 0 aromatic rings. The van der Waals surface area contributed by atoms with E-state index in [1.165, 1.54) is 19.3 Å². The summed E-state index contributed by atoms with van der Waals surface area (Å²) in [6.07, 6.45) is 7.76. The van der Waals surface area contributed by atoms with Gasteiger partial charge in [0, 0.05) is 11.8 Å². The molecule has 0 spiro atoms. The summed E-state index contributed by atoms with van der Waals surface area (Å²) >= 11 is 0. The Kier molecular flexibility index (Phi) is 5.35. The van der Waals surface area contributed by atoms with Crippen molar-refractivity contribution >= 4 is 17.9 Å². The summed E-state index contributed by atoms with van der Waals surface area (Å²) < 4.78 is 17.0. The van der Waals surface area contributed by atoms with E-state index < -0.39 is 11.6 Å². The van der Waals surface area contributed by atoms with Gasteiger partial charge in [-0.25, -0.2) is 4.79 Å². The second-order valence-electron chi connectivity index (χ2n) is 12.8. The lowest BCUT2D eigenvalue weighted by Crippen LogP contribution is -2.45. The summed E-state index contributed by atoms with van der Waals surface area (Å²) in [7, 11) is 0. The Balaban J connectivity index is 1.05. The van der Waals surface area contributed by atoms with Crippen LogP contribution < -0.4 is 0 Å². The van der Waals surface area contributed by atoms with E-state index in [4.69, 9.17) is 14.2 Å². The van der Waals surface area contributed by atoms with E-state index in [-0.39, 0.29) is 48.3 Å². The fourth-order valence-electron chi connectivity index (χ4n) is 10.3. The van der Waals surface area contributed by atoms with Crippen LogP contribution in [0.25, 0.3) is 0 Å². The van der Waals surface area contributed by atoms with Crippen molar-refractivity contribution < 1.29 is 28.6 Å². The molecule has 6 rings (SSSR count). The van der Waals surface area contributed by atoms with Gasteiger partial charge < -0.3 is 14.2 Å². The van der Waals surface area contributed by atoms with Crippen LogP contribution in [0.1, 0.15) is 72.6 Å². The molecular weight excluding hydrogens is 432 g/mol. The fourth-order valence-corrected chi connectivity index (χ4v) is 10.3. The maximum absolute atomic E-state index is 13.1. The first-order valence-corrected chi connectivity index (χ1v) is 13.8. The zero-order valence-electron chi connectivity index (χ0n) is 21.0. The highest BCUT2D eigenvalue weighted by molar-refractivity contribution is 5.79. The monoisotopic (exact) mass is 472 g/mol. The van der Waals surface area contributed by atoms with Crippen molar-refractivity contribution in [1.82, 2.24) is 0 Å². The summed E-state index contributed by atoms with van der Waals surface area (Å²) in [6, 6.07) is 0. The number of rotatable bonds is 7. The summed E-state index contributed by atoms with van der Waals surface area (Å²) in [4.78, 5) is 38.2. The van der Waals surface area contributed by atoms with Crippen molar-refractivity contribution in [2.75, 3.05) is 6.61 Å². The lowest BCUT2D eigenvalue weighted by Gasteiger charge is -2.38. The smallest absolute Gasteiger partial charge is 0.344 e. The first kappa shape index (κ1) is 22.8. The molecule has 12 atom stereocenters. The van der Waals surface area contributed by atoms with Gasteiger partial charge >= 0.3 is 17.9 Å². The molecule has 1 saturated heterocycles. The second kappa shape index (κ2) is 7.96. The van der Waals surface area contributed by atoms with Crippen LogP contribution in [-0.4, -0.2) is 36.2 Å². The molecule has 5 saturated carbocycles. The van der Waals surface area contributed by atoms with Crippen molar-refractivity contribution in [2.24, 2.45) is 65.1 Å². The largest absolute Gasteiger partial charge is 0.462 e. The first-order valence-electron chi connectivity index (χ1n) is 13.8. The van der Waals surface area contributed by atoms with Crippen molar-refractivity contribution in [3.8, 4) is 0 Å². The molecule has 6 aliphatic rings. The summed E-state index contributed by atoms with van der Waals surface area (Å²) in [5.74, 6) is 3.58. The van der Waals surface area contributed by atoms with Gasteiger partial charge in [-0.3, -0.25) is 9.59 Å². The fraction of sp³-hybridized carbons (Fsp3) is 0.893. The van der Waals surface area contributed by atoms with E-state index in [9.17, 15) is 14.4 Å².